The topological polar surface area (TPSA) is 38.7 Å². The second-order valence-electron chi connectivity index (χ2n) is 4.23. The molecular formula is C16H18O3. The molecule has 2 rings (SSSR count). The zero-order valence-corrected chi connectivity index (χ0v) is 11.0. The minimum atomic E-state index is -0.0173. The molecule has 0 fully saturated rings. The summed E-state index contributed by atoms with van der Waals surface area (Å²) in [6.07, 6.45) is 0. The van der Waals surface area contributed by atoms with Crippen molar-refractivity contribution in [2.24, 2.45) is 0 Å². The molecule has 0 amide bonds. The van der Waals surface area contributed by atoms with Crippen LogP contribution in [0.5, 0.6) is 11.5 Å². The van der Waals surface area contributed by atoms with Gasteiger partial charge in [0.15, 0.2) is 0 Å². The van der Waals surface area contributed by atoms with Gasteiger partial charge in [0.05, 0.1) is 6.61 Å². The monoisotopic (exact) mass is 258 g/mol. The molecule has 0 aromatic heterocycles. The lowest BCUT2D eigenvalue weighted by Crippen LogP contribution is -2.10. The Morgan fingerprint density at radius 1 is 0.895 bits per heavy atom. The molecule has 3 heteroatoms. The molecule has 3 nitrogen and oxygen atoms in total. The van der Waals surface area contributed by atoms with E-state index in [0.717, 1.165) is 22.6 Å². The molecule has 2 aromatic rings. The van der Waals surface area contributed by atoms with E-state index in [2.05, 4.69) is 0 Å². The summed E-state index contributed by atoms with van der Waals surface area (Å²) in [7, 11) is 0. The van der Waals surface area contributed by atoms with Crippen LogP contribution >= 0.6 is 0 Å². The van der Waals surface area contributed by atoms with Gasteiger partial charge < -0.3 is 14.6 Å². The van der Waals surface area contributed by atoms with Crippen molar-refractivity contribution in [3.63, 3.8) is 0 Å². The molecule has 19 heavy (non-hydrogen) atoms. The van der Waals surface area contributed by atoms with Gasteiger partial charge in [0.2, 0.25) is 0 Å². The summed E-state index contributed by atoms with van der Waals surface area (Å²) in [6, 6.07) is 15.4. The SMILES string of the molecule is Cc1cccc(CO)c1OCCOc1ccccc1. The van der Waals surface area contributed by atoms with Crippen LogP contribution in [0.15, 0.2) is 48.5 Å². The highest BCUT2D eigenvalue weighted by Crippen LogP contribution is 2.23. The molecule has 0 bridgehead atoms. The van der Waals surface area contributed by atoms with E-state index in [0.29, 0.717) is 13.2 Å². The molecule has 0 aliphatic carbocycles. The molecule has 0 heterocycles. The fourth-order valence-electron chi connectivity index (χ4n) is 1.86. The number of aliphatic hydroxyl groups is 1. The number of benzene rings is 2. The fraction of sp³-hybridized carbons (Fsp3) is 0.250. The molecule has 0 aliphatic heterocycles. The van der Waals surface area contributed by atoms with Gasteiger partial charge >= 0.3 is 0 Å². The summed E-state index contributed by atoms with van der Waals surface area (Å²) in [5.74, 6) is 1.58. The van der Waals surface area contributed by atoms with Crippen molar-refractivity contribution in [1.29, 1.82) is 0 Å². The molecule has 0 unspecified atom stereocenters. The van der Waals surface area contributed by atoms with Gasteiger partial charge in [-0.2, -0.15) is 0 Å². The van der Waals surface area contributed by atoms with Crippen molar-refractivity contribution in [3.05, 3.63) is 59.7 Å². The number of hydrogen-bond donors (Lipinski definition) is 1. The van der Waals surface area contributed by atoms with Gasteiger partial charge in [0.25, 0.3) is 0 Å². The van der Waals surface area contributed by atoms with Crippen molar-refractivity contribution in [2.75, 3.05) is 13.2 Å². The minimum Gasteiger partial charge on any atom is -0.490 e. The maximum absolute atomic E-state index is 9.27. The van der Waals surface area contributed by atoms with Gasteiger partial charge in [-0.05, 0) is 24.6 Å². The van der Waals surface area contributed by atoms with Crippen molar-refractivity contribution in [2.45, 2.75) is 13.5 Å². The second-order valence-corrected chi connectivity index (χ2v) is 4.23. The quantitative estimate of drug-likeness (QED) is 0.810. The lowest BCUT2D eigenvalue weighted by Gasteiger charge is -2.13. The van der Waals surface area contributed by atoms with Crippen LogP contribution in [-0.2, 0) is 6.61 Å². The molecule has 100 valence electrons. The third-order valence-corrected chi connectivity index (χ3v) is 2.81. The van der Waals surface area contributed by atoms with Gasteiger partial charge in [-0.3, -0.25) is 0 Å². The van der Waals surface area contributed by atoms with E-state index in [9.17, 15) is 5.11 Å². The first-order valence-corrected chi connectivity index (χ1v) is 6.31. The lowest BCUT2D eigenvalue weighted by atomic mass is 10.1. The van der Waals surface area contributed by atoms with Gasteiger partial charge in [0.1, 0.15) is 24.7 Å². The zero-order valence-electron chi connectivity index (χ0n) is 11.0. The first-order chi connectivity index (χ1) is 9.31. The molecule has 0 spiro atoms. The van der Waals surface area contributed by atoms with Crippen LogP contribution in [0.4, 0.5) is 0 Å². The molecule has 0 saturated heterocycles. The Kier molecular flexibility index (Phi) is 4.81. The van der Waals surface area contributed by atoms with Gasteiger partial charge in [0, 0.05) is 5.56 Å². The Morgan fingerprint density at radius 3 is 2.37 bits per heavy atom. The molecule has 0 radical (unpaired) electrons. The standard InChI is InChI=1S/C16H18O3/c1-13-6-5-7-14(12-17)16(13)19-11-10-18-15-8-3-2-4-9-15/h2-9,17H,10-12H2,1H3. The van der Waals surface area contributed by atoms with Crippen molar-refractivity contribution in [3.8, 4) is 11.5 Å². The van der Waals surface area contributed by atoms with E-state index >= 15 is 0 Å². The van der Waals surface area contributed by atoms with Gasteiger partial charge in [-0.25, -0.2) is 0 Å². The Hall–Kier alpha value is -2.00. The van der Waals surface area contributed by atoms with Crippen LogP contribution in [0, 0.1) is 6.92 Å². The predicted molar refractivity (Wildman–Crippen MR) is 74.5 cm³/mol. The number of para-hydroxylation sites is 2. The van der Waals surface area contributed by atoms with E-state index in [1.165, 1.54) is 0 Å². The summed E-state index contributed by atoms with van der Waals surface area (Å²) >= 11 is 0. The number of ether oxygens (including phenoxy) is 2. The van der Waals surface area contributed by atoms with Gasteiger partial charge in [-0.1, -0.05) is 36.4 Å². The van der Waals surface area contributed by atoms with Crippen molar-refractivity contribution >= 4 is 0 Å². The third kappa shape index (κ3) is 3.73. The van der Waals surface area contributed by atoms with Crippen molar-refractivity contribution < 1.29 is 14.6 Å². The fourth-order valence-corrected chi connectivity index (χ4v) is 1.86. The Labute approximate surface area is 113 Å². The minimum absolute atomic E-state index is 0.0173. The lowest BCUT2D eigenvalue weighted by molar-refractivity contribution is 0.209. The highest BCUT2D eigenvalue weighted by atomic mass is 16.5. The number of rotatable bonds is 6. The first-order valence-electron chi connectivity index (χ1n) is 6.31. The average molecular weight is 258 g/mol. The van der Waals surface area contributed by atoms with Crippen LogP contribution < -0.4 is 9.47 Å². The van der Waals surface area contributed by atoms with Crippen LogP contribution in [0.25, 0.3) is 0 Å². The van der Waals surface area contributed by atoms with Gasteiger partial charge in [-0.15, -0.1) is 0 Å². The maximum atomic E-state index is 9.27. The molecular weight excluding hydrogens is 240 g/mol. The molecule has 0 atom stereocenters. The van der Waals surface area contributed by atoms with Crippen LogP contribution in [0.3, 0.4) is 0 Å². The smallest absolute Gasteiger partial charge is 0.127 e. The number of aliphatic hydroxyl groups excluding tert-OH is 1. The summed E-state index contributed by atoms with van der Waals surface area (Å²) < 4.78 is 11.2. The molecule has 0 aliphatic rings. The normalized spacial score (nSPS) is 10.2. The first kappa shape index (κ1) is 13.4. The summed E-state index contributed by atoms with van der Waals surface area (Å²) in [6.45, 7) is 2.87. The van der Waals surface area contributed by atoms with Crippen molar-refractivity contribution in [1.82, 2.24) is 0 Å². The zero-order chi connectivity index (χ0) is 13.5. The summed E-state index contributed by atoms with van der Waals surface area (Å²) in [5, 5.41) is 9.27. The van der Waals surface area contributed by atoms with E-state index in [1.807, 2.05) is 55.5 Å². The maximum Gasteiger partial charge on any atom is 0.127 e. The Morgan fingerprint density at radius 2 is 1.63 bits per heavy atom. The van der Waals surface area contributed by atoms with Crippen LogP contribution in [0.1, 0.15) is 11.1 Å². The highest BCUT2D eigenvalue weighted by Gasteiger charge is 2.05. The van der Waals surface area contributed by atoms with E-state index in [4.69, 9.17) is 9.47 Å². The van der Waals surface area contributed by atoms with E-state index in [1.54, 1.807) is 0 Å². The van der Waals surface area contributed by atoms with E-state index < -0.39 is 0 Å². The second kappa shape index (κ2) is 6.81. The van der Waals surface area contributed by atoms with E-state index in [-0.39, 0.29) is 6.61 Å². The van der Waals surface area contributed by atoms with Crippen LogP contribution in [-0.4, -0.2) is 18.3 Å². The van der Waals surface area contributed by atoms with Crippen LogP contribution in [0.2, 0.25) is 0 Å². The number of aryl methyl sites for hydroxylation is 1. The Bertz CT molecular complexity index is 509. The summed E-state index contributed by atoms with van der Waals surface area (Å²) in [4.78, 5) is 0. The predicted octanol–water partition coefficient (Wildman–Crippen LogP) is 2.95. The average Bonchev–Trinajstić information content (AvgIpc) is 2.46. The third-order valence-electron chi connectivity index (χ3n) is 2.81. The Balaban J connectivity index is 1.86. The number of hydrogen-bond acceptors (Lipinski definition) is 3. The summed E-state index contributed by atoms with van der Waals surface area (Å²) in [5.41, 5.74) is 1.82. The molecule has 2 aromatic carbocycles. The highest BCUT2D eigenvalue weighted by molar-refractivity contribution is 5.40. The molecule has 1 N–H and O–H groups in total. The molecule has 0 saturated carbocycles. The largest absolute Gasteiger partial charge is 0.490 e.